The van der Waals surface area contributed by atoms with Crippen molar-refractivity contribution in [1.29, 1.82) is 0 Å². The van der Waals surface area contributed by atoms with Crippen molar-refractivity contribution >= 4 is 33.0 Å². The van der Waals surface area contributed by atoms with Crippen LogP contribution in [0.25, 0.3) is 11.2 Å². The van der Waals surface area contributed by atoms with Crippen LogP contribution in [0.5, 0.6) is 0 Å². The summed E-state index contributed by atoms with van der Waals surface area (Å²) in [6, 6.07) is 18.1. The summed E-state index contributed by atoms with van der Waals surface area (Å²) in [4.78, 5) is 29.9. The van der Waals surface area contributed by atoms with Crippen molar-refractivity contribution in [2.75, 3.05) is 11.9 Å². The number of aromatic nitrogens is 4. The van der Waals surface area contributed by atoms with Gasteiger partial charge in [-0.3, -0.25) is 18.5 Å². The molecule has 0 spiro atoms. The second kappa shape index (κ2) is 8.31. The molecule has 0 saturated heterocycles. The third-order valence-corrected chi connectivity index (χ3v) is 5.61. The molecule has 0 bridgehead atoms. The van der Waals surface area contributed by atoms with E-state index < -0.39 is 5.69 Å². The quantitative estimate of drug-likeness (QED) is 0.473. The smallest absolute Gasteiger partial charge is 0.332 e. The largest absolute Gasteiger partial charge is 0.355 e. The zero-order chi connectivity index (χ0) is 21.3. The molecule has 30 heavy (non-hydrogen) atoms. The molecule has 1 N–H and O–H groups in total. The fourth-order valence-electron chi connectivity index (χ4n) is 3.52. The number of fused-ring (bicyclic) bond motifs is 1. The second-order valence-corrected chi connectivity index (χ2v) is 8.11. The molecule has 4 rings (SSSR count). The predicted molar refractivity (Wildman–Crippen MR) is 122 cm³/mol. The second-order valence-electron chi connectivity index (χ2n) is 7.19. The Labute approximate surface area is 181 Å². The Balaban J connectivity index is 1.77. The summed E-state index contributed by atoms with van der Waals surface area (Å²) >= 11 is 3.50. The van der Waals surface area contributed by atoms with Gasteiger partial charge in [-0.15, -0.1) is 0 Å². The first kappa shape index (κ1) is 20.2. The van der Waals surface area contributed by atoms with E-state index in [1.165, 1.54) is 17.2 Å². The van der Waals surface area contributed by atoms with Crippen molar-refractivity contribution in [2.24, 2.45) is 14.1 Å². The van der Waals surface area contributed by atoms with Crippen LogP contribution >= 0.6 is 15.9 Å². The van der Waals surface area contributed by atoms with Gasteiger partial charge in [-0.1, -0.05) is 58.4 Å². The Morgan fingerprint density at radius 3 is 2.43 bits per heavy atom. The van der Waals surface area contributed by atoms with Crippen molar-refractivity contribution in [2.45, 2.75) is 13.0 Å². The first-order chi connectivity index (χ1) is 14.5. The highest BCUT2D eigenvalue weighted by Gasteiger charge is 2.19. The summed E-state index contributed by atoms with van der Waals surface area (Å²) in [5.74, 6) is 0.569. The molecule has 0 atom stereocenters. The topological polar surface area (TPSA) is 73.8 Å². The number of rotatable bonds is 6. The molecule has 2 aromatic carbocycles. The predicted octanol–water partition coefficient (Wildman–Crippen LogP) is 2.90. The van der Waals surface area contributed by atoms with Gasteiger partial charge in [-0.05, 0) is 29.7 Å². The molecule has 0 saturated carbocycles. The maximum atomic E-state index is 12.9. The normalized spacial score (nSPS) is 11.2. The highest BCUT2D eigenvalue weighted by molar-refractivity contribution is 9.10. The minimum absolute atomic E-state index is 0.355. The molecule has 0 radical (unpaired) electrons. The maximum Gasteiger partial charge on any atom is 0.332 e. The molecular formula is C22H22BrN5O2. The first-order valence-electron chi connectivity index (χ1n) is 9.64. The van der Waals surface area contributed by atoms with Crippen LogP contribution in [0.3, 0.4) is 0 Å². The van der Waals surface area contributed by atoms with Gasteiger partial charge in [0, 0.05) is 25.1 Å². The van der Waals surface area contributed by atoms with Crippen LogP contribution in [0.2, 0.25) is 0 Å². The van der Waals surface area contributed by atoms with E-state index in [-0.39, 0.29) is 5.56 Å². The van der Waals surface area contributed by atoms with Gasteiger partial charge >= 0.3 is 5.69 Å². The zero-order valence-electron chi connectivity index (χ0n) is 16.8. The molecule has 0 aliphatic rings. The Morgan fingerprint density at radius 2 is 1.70 bits per heavy atom. The third kappa shape index (κ3) is 3.82. The average Bonchev–Trinajstić information content (AvgIpc) is 3.10. The summed E-state index contributed by atoms with van der Waals surface area (Å²) in [6.07, 6.45) is 0.817. The van der Waals surface area contributed by atoms with Crippen molar-refractivity contribution in [3.8, 4) is 0 Å². The van der Waals surface area contributed by atoms with Crippen LogP contribution in [0.1, 0.15) is 11.1 Å². The summed E-state index contributed by atoms with van der Waals surface area (Å²) in [5, 5.41) is 3.36. The van der Waals surface area contributed by atoms with E-state index in [4.69, 9.17) is 0 Å². The molecule has 4 aromatic rings. The fraction of sp³-hybridized carbons (Fsp3) is 0.227. The van der Waals surface area contributed by atoms with E-state index in [2.05, 4.69) is 38.4 Å². The van der Waals surface area contributed by atoms with Gasteiger partial charge in [0.25, 0.3) is 5.56 Å². The van der Waals surface area contributed by atoms with Crippen molar-refractivity contribution in [1.82, 2.24) is 18.7 Å². The maximum absolute atomic E-state index is 12.9. The Kier molecular flexibility index (Phi) is 5.59. The Bertz CT molecular complexity index is 1320. The Morgan fingerprint density at radius 1 is 0.967 bits per heavy atom. The lowest BCUT2D eigenvalue weighted by molar-refractivity contribution is 0.702. The van der Waals surface area contributed by atoms with Gasteiger partial charge in [0.05, 0.1) is 6.54 Å². The van der Waals surface area contributed by atoms with E-state index in [9.17, 15) is 9.59 Å². The average molecular weight is 468 g/mol. The molecule has 7 nitrogen and oxygen atoms in total. The van der Waals surface area contributed by atoms with Crippen LogP contribution in [0, 0.1) is 0 Å². The number of anilines is 1. The summed E-state index contributed by atoms with van der Waals surface area (Å²) in [6.45, 7) is 1.11. The minimum Gasteiger partial charge on any atom is -0.355 e. The van der Waals surface area contributed by atoms with E-state index in [0.29, 0.717) is 30.2 Å². The molecule has 0 fully saturated rings. The van der Waals surface area contributed by atoms with Gasteiger partial charge in [-0.2, -0.15) is 4.98 Å². The number of benzene rings is 2. The Hall–Kier alpha value is -3.13. The number of aryl methyl sites for hydroxylation is 1. The number of hydrogen-bond donors (Lipinski definition) is 1. The van der Waals surface area contributed by atoms with Crippen LogP contribution in [0.4, 0.5) is 5.95 Å². The lowest BCUT2D eigenvalue weighted by atomic mass is 10.1. The lowest BCUT2D eigenvalue weighted by Crippen LogP contribution is -2.37. The molecule has 0 unspecified atom stereocenters. The number of imidazole rings is 1. The minimum atomic E-state index is -0.393. The van der Waals surface area contributed by atoms with Crippen LogP contribution in [-0.2, 0) is 27.1 Å². The molecule has 0 aliphatic carbocycles. The number of nitrogens with one attached hydrogen (secondary N) is 1. The summed E-state index contributed by atoms with van der Waals surface area (Å²) in [5.41, 5.74) is 2.26. The molecule has 0 aliphatic heterocycles. The van der Waals surface area contributed by atoms with Crippen molar-refractivity contribution in [3.05, 3.63) is 91.0 Å². The van der Waals surface area contributed by atoms with Crippen LogP contribution in [-0.4, -0.2) is 25.2 Å². The van der Waals surface area contributed by atoms with Crippen LogP contribution < -0.4 is 16.6 Å². The molecule has 2 aromatic heterocycles. The standard InChI is InChI=1S/C22H22BrN5O2/c1-26-19-18(20(29)27(2)22(26)30)28(14-16-9-6-10-17(23)13-16)21(25-19)24-12-11-15-7-4-3-5-8-15/h3-10,13H,11-12,14H2,1-2H3,(H,24,25). The van der Waals surface area contributed by atoms with E-state index >= 15 is 0 Å². The molecular weight excluding hydrogens is 446 g/mol. The monoisotopic (exact) mass is 467 g/mol. The van der Waals surface area contributed by atoms with Crippen molar-refractivity contribution < 1.29 is 0 Å². The van der Waals surface area contributed by atoms with Crippen molar-refractivity contribution in [3.63, 3.8) is 0 Å². The number of nitrogens with zero attached hydrogens (tertiary/aromatic N) is 4. The first-order valence-corrected chi connectivity index (χ1v) is 10.4. The van der Waals surface area contributed by atoms with Gasteiger partial charge in [0.2, 0.25) is 5.95 Å². The number of hydrogen-bond acceptors (Lipinski definition) is 4. The van der Waals surface area contributed by atoms with Gasteiger partial charge in [0.1, 0.15) is 0 Å². The molecule has 2 heterocycles. The summed E-state index contributed by atoms with van der Waals surface area (Å²) in [7, 11) is 3.12. The van der Waals surface area contributed by atoms with E-state index in [0.717, 1.165) is 21.0 Å². The zero-order valence-corrected chi connectivity index (χ0v) is 18.4. The highest BCUT2D eigenvalue weighted by atomic mass is 79.9. The van der Waals surface area contributed by atoms with Gasteiger partial charge in [0.15, 0.2) is 11.2 Å². The lowest BCUT2D eigenvalue weighted by Gasteiger charge is -2.11. The fourth-order valence-corrected chi connectivity index (χ4v) is 3.96. The summed E-state index contributed by atoms with van der Waals surface area (Å²) < 4.78 is 5.35. The molecule has 8 heteroatoms. The van der Waals surface area contributed by atoms with Gasteiger partial charge in [-0.25, -0.2) is 4.79 Å². The van der Waals surface area contributed by atoms with Gasteiger partial charge < -0.3 is 5.32 Å². The number of halogens is 1. The van der Waals surface area contributed by atoms with E-state index in [1.807, 2.05) is 47.0 Å². The van der Waals surface area contributed by atoms with E-state index in [1.54, 1.807) is 7.05 Å². The third-order valence-electron chi connectivity index (χ3n) is 5.12. The van der Waals surface area contributed by atoms with Crippen LogP contribution in [0.15, 0.2) is 68.7 Å². The molecule has 0 amide bonds. The SMILES string of the molecule is Cn1c(=O)c2c(nc(NCCc3ccccc3)n2Cc2cccc(Br)c2)n(C)c1=O. The molecule has 154 valence electrons. The highest BCUT2D eigenvalue weighted by Crippen LogP contribution is 2.20.